The second-order valence-electron chi connectivity index (χ2n) is 5.42. The van der Waals surface area contributed by atoms with Crippen LogP contribution in [-0.4, -0.2) is 33.5 Å². The van der Waals surface area contributed by atoms with Crippen LogP contribution in [0.15, 0.2) is 0 Å². The van der Waals surface area contributed by atoms with E-state index in [1.54, 1.807) is 7.11 Å². The lowest BCUT2D eigenvalue weighted by atomic mass is 9.73. The normalized spacial score (nSPS) is 29.5. The van der Waals surface area contributed by atoms with E-state index >= 15 is 0 Å². The van der Waals surface area contributed by atoms with E-state index in [1.807, 2.05) is 0 Å². The zero-order valence-corrected chi connectivity index (χ0v) is 11.5. The molecule has 0 saturated heterocycles. The molecule has 0 radical (unpaired) electrons. The van der Waals surface area contributed by atoms with Crippen LogP contribution >= 0.6 is 0 Å². The van der Waals surface area contributed by atoms with Crippen LogP contribution in [0, 0.1) is 17.8 Å². The molecular weight excluding hydrogens is 214 g/mol. The van der Waals surface area contributed by atoms with Crippen LogP contribution in [0.1, 0.15) is 39.0 Å². The Balaban J connectivity index is 2.10. The summed E-state index contributed by atoms with van der Waals surface area (Å²) in [5.41, 5.74) is 5.86. The van der Waals surface area contributed by atoms with Crippen LogP contribution in [0.4, 0.5) is 0 Å². The lowest BCUT2D eigenvalue weighted by Gasteiger charge is -2.34. The molecule has 0 heterocycles. The van der Waals surface area contributed by atoms with Crippen LogP contribution in [0.5, 0.6) is 0 Å². The number of methoxy groups -OCH3 is 1. The van der Waals surface area contributed by atoms with Crippen molar-refractivity contribution in [1.29, 1.82) is 0 Å². The maximum Gasteiger partial charge on any atom is 0.0700 e. The molecule has 3 atom stereocenters. The Bertz CT molecular complexity index is 187. The van der Waals surface area contributed by atoms with E-state index in [1.165, 1.54) is 25.7 Å². The van der Waals surface area contributed by atoms with Gasteiger partial charge in [0, 0.05) is 13.7 Å². The van der Waals surface area contributed by atoms with Crippen molar-refractivity contribution < 1.29 is 9.47 Å². The molecule has 0 aliphatic heterocycles. The molecule has 1 aliphatic rings. The monoisotopic (exact) mass is 243 g/mol. The van der Waals surface area contributed by atoms with Gasteiger partial charge in [-0.3, -0.25) is 0 Å². The van der Waals surface area contributed by atoms with Gasteiger partial charge in [-0.15, -0.1) is 0 Å². The Morgan fingerprint density at radius 2 is 1.94 bits per heavy atom. The minimum Gasteiger partial charge on any atom is -0.382 e. The van der Waals surface area contributed by atoms with E-state index in [0.29, 0.717) is 6.61 Å². The lowest BCUT2D eigenvalue weighted by molar-refractivity contribution is 0.0635. The zero-order chi connectivity index (χ0) is 12.5. The summed E-state index contributed by atoms with van der Waals surface area (Å²) in [4.78, 5) is 0. The molecule has 1 fully saturated rings. The Hall–Kier alpha value is -0.120. The third kappa shape index (κ3) is 5.84. The third-order valence-electron chi connectivity index (χ3n) is 4.00. The third-order valence-corrected chi connectivity index (χ3v) is 4.00. The molecule has 0 aromatic heterocycles. The van der Waals surface area contributed by atoms with Gasteiger partial charge in [-0.2, -0.15) is 0 Å². The van der Waals surface area contributed by atoms with E-state index in [0.717, 1.165) is 43.9 Å². The fraction of sp³-hybridized carbons (Fsp3) is 1.00. The Labute approximate surface area is 106 Å². The van der Waals surface area contributed by atoms with E-state index < -0.39 is 0 Å². The second kappa shape index (κ2) is 8.90. The number of ether oxygens (including phenoxy) is 2. The van der Waals surface area contributed by atoms with Crippen LogP contribution in [0.2, 0.25) is 0 Å². The molecule has 102 valence electrons. The largest absolute Gasteiger partial charge is 0.382 e. The molecule has 0 spiro atoms. The van der Waals surface area contributed by atoms with Crippen molar-refractivity contribution in [3.05, 3.63) is 0 Å². The summed E-state index contributed by atoms with van der Waals surface area (Å²) in [6.45, 7) is 5.52. The summed E-state index contributed by atoms with van der Waals surface area (Å²) < 4.78 is 10.4. The number of rotatable bonds is 8. The quantitative estimate of drug-likeness (QED) is 0.666. The number of hydrogen-bond donors (Lipinski definition) is 1. The highest BCUT2D eigenvalue weighted by atomic mass is 16.5. The van der Waals surface area contributed by atoms with E-state index in [-0.39, 0.29) is 0 Å². The molecule has 3 unspecified atom stereocenters. The average molecular weight is 243 g/mol. The summed E-state index contributed by atoms with van der Waals surface area (Å²) in [5, 5.41) is 0. The highest BCUT2D eigenvalue weighted by Crippen LogP contribution is 2.35. The smallest absolute Gasteiger partial charge is 0.0700 e. The fourth-order valence-electron chi connectivity index (χ4n) is 2.92. The lowest BCUT2D eigenvalue weighted by Crippen LogP contribution is -2.29. The standard InChI is InChI=1S/C14H29NO2/c1-12-5-6-14(11-15)13(10-12)4-3-7-17-9-8-16-2/h12-14H,3-11,15H2,1-2H3. The molecule has 0 amide bonds. The molecule has 1 rings (SSSR count). The van der Waals surface area contributed by atoms with Gasteiger partial charge in [-0.05, 0) is 50.0 Å². The van der Waals surface area contributed by atoms with Gasteiger partial charge in [0.15, 0.2) is 0 Å². The molecule has 2 N–H and O–H groups in total. The van der Waals surface area contributed by atoms with Gasteiger partial charge in [0.25, 0.3) is 0 Å². The minimum absolute atomic E-state index is 0.700. The van der Waals surface area contributed by atoms with Gasteiger partial charge < -0.3 is 15.2 Å². The maximum atomic E-state index is 5.86. The molecule has 1 saturated carbocycles. The molecule has 3 nitrogen and oxygen atoms in total. The highest BCUT2D eigenvalue weighted by molar-refractivity contribution is 4.79. The van der Waals surface area contributed by atoms with Gasteiger partial charge >= 0.3 is 0 Å². The first-order chi connectivity index (χ1) is 8.27. The molecule has 1 aliphatic carbocycles. The summed E-state index contributed by atoms with van der Waals surface area (Å²) in [7, 11) is 1.71. The molecule has 0 aromatic carbocycles. The summed E-state index contributed by atoms with van der Waals surface area (Å²) in [6, 6.07) is 0. The summed E-state index contributed by atoms with van der Waals surface area (Å²) in [6.07, 6.45) is 6.49. The van der Waals surface area contributed by atoms with Crippen molar-refractivity contribution in [3.8, 4) is 0 Å². The Morgan fingerprint density at radius 1 is 1.12 bits per heavy atom. The van der Waals surface area contributed by atoms with Crippen molar-refractivity contribution in [2.75, 3.05) is 33.5 Å². The van der Waals surface area contributed by atoms with E-state index in [4.69, 9.17) is 15.2 Å². The molecular formula is C14H29NO2. The predicted octanol–water partition coefficient (Wildman–Crippen LogP) is 2.44. The number of hydrogen-bond acceptors (Lipinski definition) is 3. The second-order valence-corrected chi connectivity index (χ2v) is 5.42. The summed E-state index contributed by atoms with van der Waals surface area (Å²) >= 11 is 0. The van der Waals surface area contributed by atoms with Crippen molar-refractivity contribution in [1.82, 2.24) is 0 Å². The van der Waals surface area contributed by atoms with Gasteiger partial charge in [0.2, 0.25) is 0 Å². The van der Waals surface area contributed by atoms with Crippen molar-refractivity contribution in [3.63, 3.8) is 0 Å². The Kier molecular flexibility index (Phi) is 7.82. The highest BCUT2D eigenvalue weighted by Gasteiger charge is 2.26. The van der Waals surface area contributed by atoms with Crippen LogP contribution < -0.4 is 5.73 Å². The van der Waals surface area contributed by atoms with Crippen LogP contribution in [0.3, 0.4) is 0 Å². The molecule has 0 bridgehead atoms. The van der Waals surface area contributed by atoms with Gasteiger partial charge in [0.1, 0.15) is 0 Å². The van der Waals surface area contributed by atoms with E-state index in [2.05, 4.69) is 6.92 Å². The topological polar surface area (TPSA) is 44.5 Å². The van der Waals surface area contributed by atoms with Gasteiger partial charge in [-0.25, -0.2) is 0 Å². The first-order valence-electron chi connectivity index (χ1n) is 7.04. The van der Waals surface area contributed by atoms with Gasteiger partial charge in [0.05, 0.1) is 13.2 Å². The Morgan fingerprint density at radius 3 is 2.65 bits per heavy atom. The zero-order valence-electron chi connectivity index (χ0n) is 11.5. The minimum atomic E-state index is 0.700. The SMILES string of the molecule is COCCOCCCC1CC(C)CCC1CN. The fourth-order valence-corrected chi connectivity index (χ4v) is 2.92. The first kappa shape index (κ1) is 14.9. The average Bonchev–Trinajstić information content (AvgIpc) is 2.34. The molecule has 17 heavy (non-hydrogen) atoms. The molecule has 0 aromatic rings. The van der Waals surface area contributed by atoms with Crippen molar-refractivity contribution >= 4 is 0 Å². The summed E-state index contributed by atoms with van der Waals surface area (Å²) in [5.74, 6) is 2.47. The maximum absolute atomic E-state index is 5.86. The van der Waals surface area contributed by atoms with Crippen LogP contribution in [0.25, 0.3) is 0 Å². The van der Waals surface area contributed by atoms with Gasteiger partial charge in [-0.1, -0.05) is 13.3 Å². The van der Waals surface area contributed by atoms with E-state index in [9.17, 15) is 0 Å². The van der Waals surface area contributed by atoms with Crippen molar-refractivity contribution in [2.45, 2.75) is 39.0 Å². The molecule has 3 heteroatoms. The predicted molar refractivity (Wildman–Crippen MR) is 71.0 cm³/mol. The number of nitrogens with two attached hydrogens (primary N) is 1. The van der Waals surface area contributed by atoms with Crippen LogP contribution in [-0.2, 0) is 9.47 Å². The van der Waals surface area contributed by atoms with Crippen molar-refractivity contribution in [2.24, 2.45) is 23.5 Å². The first-order valence-corrected chi connectivity index (χ1v) is 7.04.